The molecule has 0 atom stereocenters. The quantitative estimate of drug-likeness (QED) is 0.683. The molecule has 0 fully saturated rings. The number of ether oxygens (including phenoxy) is 2. The highest BCUT2D eigenvalue weighted by Crippen LogP contribution is 2.35. The summed E-state index contributed by atoms with van der Waals surface area (Å²) in [4.78, 5) is 11.7. The number of carbonyl (C=O) groups is 1. The summed E-state index contributed by atoms with van der Waals surface area (Å²) < 4.78 is 10.3. The molecule has 0 aliphatic carbocycles. The van der Waals surface area contributed by atoms with E-state index in [0.29, 0.717) is 16.5 Å². The van der Waals surface area contributed by atoms with E-state index in [2.05, 4.69) is 4.74 Å². The molecular formula is C14H11Cl2NO3. The highest BCUT2D eigenvalue weighted by Gasteiger charge is 2.18. The molecule has 2 aromatic rings. The molecule has 0 bridgehead atoms. The monoisotopic (exact) mass is 311 g/mol. The Hall–Kier alpha value is -1.91. The molecule has 0 saturated heterocycles. The molecule has 2 rings (SSSR count). The fourth-order valence-electron chi connectivity index (χ4n) is 1.60. The first kappa shape index (κ1) is 14.5. The molecule has 0 spiro atoms. The zero-order valence-electron chi connectivity index (χ0n) is 10.5. The number of hydrogen-bond donors (Lipinski definition) is 1. The molecule has 0 saturated carbocycles. The van der Waals surface area contributed by atoms with Gasteiger partial charge in [0.2, 0.25) is 0 Å². The molecule has 2 aromatic carbocycles. The maximum absolute atomic E-state index is 11.7. The molecule has 0 aromatic heterocycles. The van der Waals surface area contributed by atoms with Crippen LogP contribution < -0.4 is 10.5 Å². The summed E-state index contributed by atoms with van der Waals surface area (Å²) in [6.45, 7) is 0. The summed E-state index contributed by atoms with van der Waals surface area (Å²) in [6.07, 6.45) is 0. The Labute approximate surface area is 126 Å². The van der Waals surface area contributed by atoms with Gasteiger partial charge in [0.15, 0.2) is 5.75 Å². The van der Waals surface area contributed by atoms with Gasteiger partial charge in [-0.1, -0.05) is 23.2 Å². The van der Waals surface area contributed by atoms with Gasteiger partial charge in [0.25, 0.3) is 0 Å². The average molecular weight is 312 g/mol. The molecule has 6 heteroatoms. The van der Waals surface area contributed by atoms with Crippen molar-refractivity contribution >= 4 is 34.9 Å². The minimum Gasteiger partial charge on any atom is -0.465 e. The van der Waals surface area contributed by atoms with Crippen LogP contribution in [0.25, 0.3) is 0 Å². The summed E-state index contributed by atoms with van der Waals surface area (Å²) in [5.41, 5.74) is 6.17. The van der Waals surface area contributed by atoms with Crippen LogP contribution in [0.15, 0.2) is 36.4 Å². The highest BCUT2D eigenvalue weighted by atomic mass is 35.5. The van der Waals surface area contributed by atoms with Crippen molar-refractivity contribution < 1.29 is 14.3 Å². The van der Waals surface area contributed by atoms with E-state index in [4.69, 9.17) is 33.7 Å². The van der Waals surface area contributed by atoms with Crippen molar-refractivity contribution in [1.82, 2.24) is 0 Å². The van der Waals surface area contributed by atoms with E-state index in [9.17, 15) is 4.79 Å². The third-order valence-electron chi connectivity index (χ3n) is 2.50. The summed E-state index contributed by atoms with van der Waals surface area (Å²) in [5.74, 6) is 0.101. The van der Waals surface area contributed by atoms with Crippen LogP contribution in [0.2, 0.25) is 10.0 Å². The van der Waals surface area contributed by atoms with Crippen molar-refractivity contribution in [1.29, 1.82) is 0 Å². The van der Waals surface area contributed by atoms with Gasteiger partial charge in [0.05, 0.1) is 12.1 Å². The molecule has 0 radical (unpaired) electrons. The second kappa shape index (κ2) is 6.03. The lowest BCUT2D eigenvalue weighted by Crippen LogP contribution is -2.05. The number of esters is 1. The number of halogens is 2. The molecule has 20 heavy (non-hydrogen) atoms. The van der Waals surface area contributed by atoms with Gasteiger partial charge in [-0.05, 0) is 36.4 Å². The molecule has 104 valence electrons. The van der Waals surface area contributed by atoms with Crippen LogP contribution in [0.4, 0.5) is 5.69 Å². The third-order valence-corrected chi connectivity index (χ3v) is 3.04. The lowest BCUT2D eigenvalue weighted by Gasteiger charge is -2.12. The van der Waals surface area contributed by atoms with Crippen LogP contribution in [0.5, 0.6) is 11.5 Å². The summed E-state index contributed by atoms with van der Waals surface area (Å²) in [5, 5.41) is 0.800. The third kappa shape index (κ3) is 3.15. The maximum Gasteiger partial charge on any atom is 0.341 e. The molecular weight excluding hydrogens is 301 g/mol. The van der Waals surface area contributed by atoms with E-state index in [0.717, 1.165) is 0 Å². The van der Waals surface area contributed by atoms with Crippen LogP contribution in [0, 0.1) is 0 Å². The normalized spacial score (nSPS) is 10.2. The smallest absolute Gasteiger partial charge is 0.341 e. The van der Waals surface area contributed by atoms with Crippen molar-refractivity contribution in [3.63, 3.8) is 0 Å². The average Bonchev–Trinajstić information content (AvgIpc) is 2.42. The predicted molar refractivity (Wildman–Crippen MR) is 78.7 cm³/mol. The highest BCUT2D eigenvalue weighted by molar-refractivity contribution is 6.33. The Morgan fingerprint density at radius 2 is 1.80 bits per heavy atom. The first-order valence-corrected chi connectivity index (χ1v) is 6.37. The Morgan fingerprint density at radius 1 is 1.15 bits per heavy atom. The summed E-state index contributed by atoms with van der Waals surface area (Å²) >= 11 is 11.9. The van der Waals surface area contributed by atoms with E-state index < -0.39 is 5.97 Å². The van der Waals surface area contributed by atoms with Gasteiger partial charge in [0, 0.05) is 10.7 Å². The van der Waals surface area contributed by atoms with Gasteiger partial charge in [-0.25, -0.2) is 4.79 Å². The maximum atomic E-state index is 11.7. The lowest BCUT2D eigenvalue weighted by atomic mass is 10.1. The molecule has 0 aliphatic heterocycles. The largest absolute Gasteiger partial charge is 0.465 e. The van der Waals surface area contributed by atoms with Crippen molar-refractivity contribution in [2.45, 2.75) is 0 Å². The van der Waals surface area contributed by atoms with Gasteiger partial charge in [0.1, 0.15) is 11.3 Å². The first-order chi connectivity index (χ1) is 9.51. The van der Waals surface area contributed by atoms with E-state index in [1.54, 1.807) is 24.3 Å². The van der Waals surface area contributed by atoms with Gasteiger partial charge < -0.3 is 15.2 Å². The number of benzene rings is 2. The van der Waals surface area contributed by atoms with Crippen LogP contribution in [-0.2, 0) is 4.74 Å². The number of anilines is 1. The van der Waals surface area contributed by atoms with Crippen molar-refractivity contribution in [2.75, 3.05) is 12.8 Å². The van der Waals surface area contributed by atoms with Crippen LogP contribution in [-0.4, -0.2) is 13.1 Å². The van der Waals surface area contributed by atoms with Crippen LogP contribution >= 0.6 is 23.2 Å². The zero-order chi connectivity index (χ0) is 14.7. The Bertz CT molecular complexity index is 642. The number of nitrogen functional groups attached to an aromatic ring is 1. The Balaban J connectivity index is 2.44. The zero-order valence-corrected chi connectivity index (χ0v) is 12.0. The van der Waals surface area contributed by atoms with E-state index in [-0.39, 0.29) is 16.3 Å². The van der Waals surface area contributed by atoms with E-state index in [1.807, 2.05) is 0 Å². The number of nitrogens with two attached hydrogens (primary N) is 1. The second-order valence-electron chi connectivity index (χ2n) is 3.93. The predicted octanol–water partition coefficient (Wildman–Crippen LogP) is 4.15. The minimum absolute atomic E-state index is 0.160. The Morgan fingerprint density at radius 3 is 2.40 bits per heavy atom. The van der Waals surface area contributed by atoms with Crippen molar-refractivity contribution in [3.8, 4) is 11.5 Å². The molecule has 2 N–H and O–H groups in total. The number of methoxy groups -OCH3 is 1. The molecule has 0 heterocycles. The van der Waals surface area contributed by atoms with Gasteiger partial charge >= 0.3 is 5.97 Å². The topological polar surface area (TPSA) is 61.5 Å². The molecule has 0 amide bonds. The summed E-state index contributed by atoms with van der Waals surface area (Å²) in [6, 6.07) is 9.61. The standard InChI is InChI=1S/C14H11Cl2NO3/c1-19-14(18)11-6-9(17)7-12(16)13(11)20-10-4-2-8(15)3-5-10/h2-7H,17H2,1H3. The fraction of sp³-hybridized carbons (Fsp3) is 0.0714. The van der Waals surface area contributed by atoms with Crippen molar-refractivity contribution in [2.24, 2.45) is 0 Å². The van der Waals surface area contributed by atoms with Gasteiger partial charge in [-0.3, -0.25) is 0 Å². The number of carbonyl (C=O) groups excluding carboxylic acids is 1. The van der Waals surface area contributed by atoms with Crippen LogP contribution in [0.1, 0.15) is 10.4 Å². The molecule has 4 nitrogen and oxygen atoms in total. The number of hydrogen-bond acceptors (Lipinski definition) is 4. The first-order valence-electron chi connectivity index (χ1n) is 5.62. The molecule has 0 aliphatic rings. The SMILES string of the molecule is COC(=O)c1cc(N)cc(Cl)c1Oc1ccc(Cl)cc1. The van der Waals surface area contributed by atoms with E-state index >= 15 is 0 Å². The van der Waals surface area contributed by atoms with Gasteiger partial charge in [-0.2, -0.15) is 0 Å². The minimum atomic E-state index is -0.580. The van der Waals surface area contributed by atoms with E-state index in [1.165, 1.54) is 19.2 Å². The number of rotatable bonds is 3. The lowest BCUT2D eigenvalue weighted by molar-refractivity contribution is 0.0598. The van der Waals surface area contributed by atoms with Gasteiger partial charge in [-0.15, -0.1) is 0 Å². The fourth-order valence-corrected chi connectivity index (χ4v) is 1.99. The molecule has 0 unspecified atom stereocenters. The van der Waals surface area contributed by atoms with Crippen LogP contribution in [0.3, 0.4) is 0 Å². The van der Waals surface area contributed by atoms with Crippen molar-refractivity contribution in [3.05, 3.63) is 52.0 Å². The Kier molecular flexibility index (Phi) is 4.37. The second-order valence-corrected chi connectivity index (χ2v) is 4.77. The summed E-state index contributed by atoms with van der Waals surface area (Å²) in [7, 11) is 1.27.